The van der Waals surface area contributed by atoms with Crippen LogP contribution in [0.25, 0.3) is 53.2 Å². The molecule has 0 N–H and O–H groups in total. The highest BCUT2D eigenvalue weighted by atomic mass is 32.1. The lowest BCUT2D eigenvalue weighted by Crippen LogP contribution is -2.09. The first kappa shape index (κ1) is 24.6. The van der Waals surface area contributed by atoms with Gasteiger partial charge >= 0.3 is 0 Å². The van der Waals surface area contributed by atoms with Gasteiger partial charge in [0.25, 0.3) is 0 Å². The van der Waals surface area contributed by atoms with Crippen molar-refractivity contribution in [2.45, 2.75) is 0 Å². The molecule has 0 atom stereocenters. The number of benzene rings is 7. The maximum absolute atomic E-state index is 2.36. The summed E-state index contributed by atoms with van der Waals surface area (Å²) in [6.07, 6.45) is 0. The monoisotopic (exact) mass is 553 g/mol. The number of thiophene rings is 1. The Hall–Kier alpha value is -5.18. The molecule has 42 heavy (non-hydrogen) atoms. The lowest BCUT2D eigenvalue weighted by atomic mass is 10.0. The first-order valence-electron chi connectivity index (χ1n) is 14.3. The van der Waals surface area contributed by atoms with Gasteiger partial charge in [0.05, 0.1) is 0 Å². The highest BCUT2D eigenvalue weighted by Crippen LogP contribution is 2.40. The Morgan fingerprint density at radius 2 is 0.857 bits per heavy atom. The van der Waals surface area contributed by atoms with Crippen molar-refractivity contribution in [2.24, 2.45) is 0 Å². The van der Waals surface area contributed by atoms with Gasteiger partial charge in [-0.25, -0.2) is 0 Å². The predicted molar refractivity (Wildman–Crippen MR) is 182 cm³/mol. The smallest absolute Gasteiger partial charge is 0.0468 e. The summed E-state index contributed by atoms with van der Waals surface area (Å²) < 4.78 is 2.67. The van der Waals surface area contributed by atoms with Crippen LogP contribution in [0, 0.1) is 0 Å². The van der Waals surface area contributed by atoms with Gasteiger partial charge in [-0.15, -0.1) is 11.3 Å². The summed E-state index contributed by atoms with van der Waals surface area (Å²) in [5.74, 6) is 0. The van der Waals surface area contributed by atoms with E-state index < -0.39 is 0 Å². The summed E-state index contributed by atoms with van der Waals surface area (Å²) in [5.41, 5.74) is 8.27. The molecule has 0 spiro atoms. The fourth-order valence-corrected chi connectivity index (χ4v) is 7.05. The Labute approximate surface area is 249 Å². The summed E-state index contributed by atoms with van der Waals surface area (Å²) in [6.45, 7) is 0. The summed E-state index contributed by atoms with van der Waals surface area (Å²) >= 11 is 1.87. The summed E-state index contributed by atoms with van der Waals surface area (Å²) in [5, 5.41) is 5.16. The van der Waals surface area contributed by atoms with Crippen LogP contribution in [0.5, 0.6) is 0 Å². The van der Waals surface area contributed by atoms with Crippen molar-refractivity contribution in [3.8, 4) is 22.3 Å². The lowest BCUT2D eigenvalue weighted by molar-refractivity contribution is 1.29. The van der Waals surface area contributed by atoms with Crippen LogP contribution in [0.4, 0.5) is 17.1 Å². The Morgan fingerprint density at radius 3 is 1.48 bits per heavy atom. The van der Waals surface area contributed by atoms with Gasteiger partial charge in [-0.2, -0.15) is 0 Å². The molecule has 0 amide bonds. The average Bonchev–Trinajstić information content (AvgIpc) is 3.42. The summed E-state index contributed by atoms with van der Waals surface area (Å²) in [7, 11) is 0. The molecule has 0 unspecified atom stereocenters. The molecule has 1 nitrogen and oxygen atoms in total. The van der Waals surface area contributed by atoms with Gasteiger partial charge in [0.1, 0.15) is 0 Å². The molecule has 2 heteroatoms. The maximum Gasteiger partial charge on any atom is 0.0468 e. The normalized spacial score (nSPS) is 11.3. The molecule has 7 aromatic carbocycles. The summed E-state index contributed by atoms with van der Waals surface area (Å²) in [6, 6.07) is 59.2. The molecular weight excluding hydrogens is 527 g/mol. The van der Waals surface area contributed by atoms with Gasteiger partial charge in [0, 0.05) is 37.2 Å². The molecule has 1 aromatic heterocycles. The second kappa shape index (κ2) is 10.3. The molecule has 0 aliphatic rings. The van der Waals surface area contributed by atoms with Gasteiger partial charge in [-0.3, -0.25) is 0 Å². The first-order chi connectivity index (χ1) is 20.8. The minimum atomic E-state index is 1.13. The van der Waals surface area contributed by atoms with Crippen molar-refractivity contribution in [3.05, 3.63) is 164 Å². The molecule has 8 rings (SSSR count). The molecule has 0 aliphatic carbocycles. The van der Waals surface area contributed by atoms with E-state index in [0.717, 1.165) is 17.1 Å². The second-order valence-electron chi connectivity index (χ2n) is 10.6. The number of anilines is 3. The highest BCUT2D eigenvalue weighted by molar-refractivity contribution is 7.25. The largest absolute Gasteiger partial charge is 0.310 e. The quantitative estimate of drug-likeness (QED) is 0.205. The molecule has 198 valence electrons. The van der Waals surface area contributed by atoms with Crippen LogP contribution in [0.1, 0.15) is 0 Å². The molecule has 0 fully saturated rings. The van der Waals surface area contributed by atoms with Crippen molar-refractivity contribution < 1.29 is 0 Å². The zero-order chi connectivity index (χ0) is 27.9. The molecule has 0 saturated carbocycles. The van der Waals surface area contributed by atoms with E-state index in [1.165, 1.54) is 53.2 Å². The zero-order valence-electron chi connectivity index (χ0n) is 22.9. The predicted octanol–water partition coefficient (Wildman–Crippen LogP) is 12.0. The Balaban J connectivity index is 1.26. The SMILES string of the molecule is c1ccc(-c2ccc(N(c3ccc(-c4ccccc4)cc3)c3ccc4cc5sc6ccccc6c5cc4c3)cc2)cc1. The first-order valence-corrected chi connectivity index (χ1v) is 15.1. The Bertz CT molecular complexity index is 2080. The van der Waals surface area contributed by atoms with Gasteiger partial charge in [-0.1, -0.05) is 109 Å². The number of fused-ring (bicyclic) bond motifs is 4. The van der Waals surface area contributed by atoms with Crippen LogP contribution in [-0.4, -0.2) is 0 Å². The van der Waals surface area contributed by atoms with E-state index in [1.807, 2.05) is 11.3 Å². The van der Waals surface area contributed by atoms with Crippen LogP contribution < -0.4 is 4.90 Å². The number of nitrogens with zero attached hydrogens (tertiary/aromatic N) is 1. The highest BCUT2D eigenvalue weighted by Gasteiger charge is 2.15. The van der Waals surface area contributed by atoms with Crippen LogP contribution in [0.3, 0.4) is 0 Å². The van der Waals surface area contributed by atoms with E-state index >= 15 is 0 Å². The van der Waals surface area contributed by atoms with Gasteiger partial charge in [0.2, 0.25) is 0 Å². The van der Waals surface area contributed by atoms with Gasteiger partial charge in [-0.05, 0) is 87.6 Å². The molecule has 1 heterocycles. The molecule has 8 aromatic rings. The topological polar surface area (TPSA) is 3.24 Å². The second-order valence-corrected chi connectivity index (χ2v) is 11.7. The molecule has 0 saturated heterocycles. The van der Waals surface area contributed by atoms with Crippen molar-refractivity contribution in [1.29, 1.82) is 0 Å². The van der Waals surface area contributed by atoms with Crippen LogP contribution >= 0.6 is 11.3 Å². The fraction of sp³-hybridized carbons (Fsp3) is 0. The van der Waals surface area contributed by atoms with Crippen molar-refractivity contribution in [1.82, 2.24) is 0 Å². The van der Waals surface area contributed by atoms with Crippen molar-refractivity contribution >= 4 is 59.3 Å². The van der Waals surface area contributed by atoms with E-state index in [1.54, 1.807) is 0 Å². The third kappa shape index (κ3) is 4.43. The molecule has 0 aliphatic heterocycles. The molecule has 0 bridgehead atoms. The van der Waals surface area contributed by atoms with Crippen molar-refractivity contribution in [2.75, 3.05) is 4.90 Å². The Kier molecular flexibility index (Phi) is 6.05. The van der Waals surface area contributed by atoms with Crippen LogP contribution in [0.2, 0.25) is 0 Å². The number of hydrogen-bond acceptors (Lipinski definition) is 2. The van der Waals surface area contributed by atoms with E-state index in [0.29, 0.717) is 0 Å². The minimum absolute atomic E-state index is 1.13. The maximum atomic E-state index is 2.36. The van der Waals surface area contributed by atoms with Gasteiger partial charge in [0.15, 0.2) is 0 Å². The van der Waals surface area contributed by atoms with E-state index in [2.05, 4.69) is 169 Å². The molecular formula is C40H27NS. The zero-order valence-corrected chi connectivity index (χ0v) is 23.8. The fourth-order valence-electron chi connectivity index (χ4n) is 5.91. The van der Waals surface area contributed by atoms with E-state index in [4.69, 9.17) is 0 Å². The third-order valence-corrected chi connectivity index (χ3v) is 9.18. The van der Waals surface area contributed by atoms with E-state index in [-0.39, 0.29) is 0 Å². The minimum Gasteiger partial charge on any atom is -0.310 e. The lowest BCUT2D eigenvalue weighted by Gasteiger charge is -2.26. The van der Waals surface area contributed by atoms with Crippen LogP contribution in [0.15, 0.2) is 164 Å². The number of hydrogen-bond donors (Lipinski definition) is 0. The van der Waals surface area contributed by atoms with Crippen molar-refractivity contribution in [3.63, 3.8) is 0 Å². The van der Waals surface area contributed by atoms with Crippen LogP contribution in [-0.2, 0) is 0 Å². The average molecular weight is 554 g/mol. The molecule has 0 radical (unpaired) electrons. The number of rotatable bonds is 5. The third-order valence-electron chi connectivity index (χ3n) is 8.04. The van der Waals surface area contributed by atoms with E-state index in [9.17, 15) is 0 Å². The Morgan fingerprint density at radius 1 is 0.333 bits per heavy atom. The standard InChI is InChI=1S/C40H27NS/c1-3-9-28(10-4-1)30-15-20-34(21-16-30)41(35-22-17-31(18-23-35)29-11-5-2-6-12-29)36-24-19-32-27-40-38(26-33(32)25-36)37-13-7-8-14-39(37)42-40/h1-27H. The summed E-state index contributed by atoms with van der Waals surface area (Å²) in [4.78, 5) is 2.36. The van der Waals surface area contributed by atoms with Gasteiger partial charge < -0.3 is 4.90 Å².